The Hall–Kier alpha value is -2.95. The van der Waals surface area contributed by atoms with Gasteiger partial charge in [0.1, 0.15) is 5.65 Å². The van der Waals surface area contributed by atoms with E-state index in [2.05, 4.69) is 4.98 Å². The summed E-state index contributed by atoms with van der Waals surface area (Å²) in [4.78, 5) is 30.4. The number of imide groups is 1. The molecule has 0 radical (unpaired) electrons. The van der Waals surface area contributed by atoms with Crippen LogP contribution in [0.2, 0.25) is 0 Å². The van der Waals surface area contributed by atoms with Gasteiger partial charge in [0.15, 0.2) is 0 Å². The van der Waals surface area contributed by atoms with Crippen LogP contribution in [0.3, 0.4) is 0 Å². The van der Waals surface area contributed by atoms with Gasteiger partial charge in [-0.2, -0.15) is 0 Å². The number of aryl methyl sites for hydroxylation is 1. The maximum Gasteiger partial charge on any atom is 0.261 e. The van der Waals surface area contributed by atoms with E-state index < -0.39 is 0 Å². The summed E-state index contributed by atoms with van der Waals surface area (Å²) in [6, 6.07) is 10.8. The average Bonchev–Trinajstić information content (AvgIpc) is 3.02. The second kappa shape index (κ2) is 4.53. The molecule has 1 aliphatic rings. The molecule has 108 valence electrons. The highest BCUT2D eigenvalue weighted by Crippen LogP contribution is 2.24. The van der Waals surface area contributed by atoms with E-state index in [0.717, 1.165) is 11.2 Å². The minimum Gasteiger partial charge on any atom is -0.306 e. The van der Waals surface area contributed by atoms with Crippen molar-refractivity contribution >= 4 is 17.5 Å². The molecule has 5 heteroatoms. The predicted octanol–water partition coefficient (Wildman–Crippen LogP) is 2.44. The van der Waals surface area contributed by atoms with Crippen LogP contribution in [-0.2, 0) is 6.54 Å². The molecule has 1 aliphatic heterocycles. The quantitative estimate of drug-likeness (QED) is 0.681. The summed E-state index contributed by atoms with van der Waals surface area (Å²) in [5.74, 6) is -0.511. The molecule has 0 atom stereocenters. The van der Waals surface area contributed by atoms with Gasteiger partial charge in [0, 0.05) is 12.4 Å². The minimum atomic E-state index is -0.256. The molecule has 22 heavy (non-hydrogen) atoms. The topological polar surface area (TPSA) is 54.7 Å². The van der Waals surface area contributed by atoms with E-state index in [1.807, 2.05) is 35.9 Å². The predicted molar refractivity (Wildman–Crippen MR) is 80.6 cm³/mol. The second-order valence-electron chi connectivity index (χ2n) is 5.45. The van der Waals surface area contributed by atoms with Gasteiger partial charge in [0.05, 0.1) is 23.4 Å². The fourth-order valence-corrected chi connectivity index (χ4v) is 2.78. The van der Waals surface area contributed by atoms with E-state index in [1.165, 1.54) is 4.90 Å². The van der Waals surface area contributed by atoms with Crippen molar-refractivity contribution < 1.29 is 9.59 Å². The first kappa shape index (κ1) is 12.8. The summed E-state index contributed by atoms with van der Waals surface area (Å²) in [5, 5.41) is 0. The molecule has 5 nitrogen and oxygen atoms in total. The Morgan fingerprint density at radius 1 is 0.955 bits per heavy atom. The molecule has 2 aromatic heterocycles. The van der Waals surface area contributed by atoms with Crippen molar-refractivity contribution in [3.05, 3.63) is 71.2 Å². The molecule has 2 amide bonds. The number of rotatable bonds is 2. The lowest BCUT2D eigenvalue weighted by molar-refractivity contribution is 0.0640. The molecule has 0 bridgehead atoms. The standard InChI is InChI=1S/C17H13N3O2/c1-11-6-7-15-18-12(9-19(15)8-11)10-20-16(21)13-4-2-3-5-14(13)17(20)22/h2-9H,10H2,1H3. The van der Waals surface area contributed by atoms with Crippen molar-refractivity contribution in [3.8, 4) is 0 Å². The van der Waals surface area contributed by atoms with Crippen LogP contribution < -0.4 is 0 Å². The van der Waals surface area contributed by atoms with Crippen molar-refractivity contribution in [2.75, 3.05) is 0 Å². The Bertz CT molecular complexity index is 892. The lowest BCUT2D eigenvalue weighted by atomic mass is 10.1. The largest absolute Gasteiger partial charge is 0.306 e. The lowest BCUT2D eigenvalue weighted by Crippen LogP contribution is -2.29. The second-order valence-corrected chi connectivity index (χ2v) is 5.45. The number of benzene rings is 1. The van der Waals surface area contributed by atoms with Gasteiger partial charge in [-0.15, -0.1) is 0 Å². The molecule has 0 aliphatic carbocycles. The molecule has 1 aromatic carbocycles. The van der Waals surface area contributed by atoms with Crippen LogP contribution in [0.4, 0.5) is 0 Å². The van der Waals surface area contributed by atoms with E-state index in [-0.39, 0.29) is 18.4 Å². The number of carbonyl (C=O) groups excluding carboxylic acids is 2. The Morgan fingerprint density at radius 2 is 1.64 bits per heavy atom. The number of hydrogen-bond acceptors (Lipinski definition) is 3. The summed E-state index contributed by atoms with van der Waals surface area (Å²) in [6.07, 6.45) is 3.82. The van der Waals surface area contributed by atoms with Crippen molar-refractivity contribution in [2.24, 2.45) is 0 Å². The SMILES string of the molecule is Cc1ccc2nc(CN3C(=O)c4ccccc4C3=O)cn2c1. The van der Waals surface area contributed by atoms with Gasteiger partial charge in [0.2, 0.25) is 0 Å². The van der Waals surface area contributed by atoms with Crippen LogP contribution in [0.15, 0.2) is 48.8 Å². The third-order valence-electron chi connectivity index (χ3n) is 3.85. The maximum atomic E-state index is 12.4. The van der Waals surface area contributed by atoms with Crippen molar-refractivity contribution in [3.63, 3.8) is 0 Å². The number of hydrogen-bond donors (Lipinski definition) is 0. The van der Waals surface area contributed by atoms with E-state index in [9.17, 15) is 9.59 Å². The number of amides is 2. The Labute approximate surface area is 126 Å². The van der Waals surface area contributed by atoms with Crippen molar-refractivity contribution in [2.45, 2.75) is 13.5 Å². The highest BCUT2D eigenvalue weighted by molar-refractivity contribution is 6.21. The molecule has 3 aromatic rings. The zero-order valence-electron chi connectivity index (χ0n) is 12.0. The van der Waals surface area contributed by atoms with Crippen LogP contribution in [0.1, 0.15) is 32.0 Å². The third-order valence-corrected chi connectivity index (χ3v) is 3.85. The zero-order valence-corrected chi connectivity index (χ0v) is 12.0. The van der Waals surface area contributed by atoms with Gasteiger partial charge < -0.3 is 4.40 Å². The number of pyridine rings is 1. The summed E-state index contributed by atoms with van der Waals surface area (Å²) in [7, 11) is 0. The van der Waals surface area contributed by atoms with Crippen LogP contribution in [-0.4, -0.2) is 26.1 Å². The highest BCUT2D eigenvalue weighted by atomic mass is 16.2. The van der Waals surface area contributed by atoms with Crippen LogP contribution >= 0.6 is 0 Å². The molecule has 0 saturated carbocycles. The van der Waals surface area contributed by atoms with Gasteiger partial charge in [-0.05, 0) is 30.7 Å². The van der Waals surface area contributed by atoms with Crippen molar-refractivity contribution in [1.82, 2.24) is 14.3 Å². The Balaban J connectivity index is 1.69. The molecule has 4 rings (SSSR count). The molecule has 0 fully saturated rings. The first-order valence-electron chi connectivity index (χ1n) is 7.03. The zero-order chi connectivity index (χ0) is 15.3. The summed E-state index contributed by atoms with van der Waals surface area (Å²) in [6.45, 7) is 2.19. The van der Waals surface area contributed by atoms with Gasteiger partial charge in [-0.25, -0.2) is 4.98 Å². The van der Waals surface area contributed by atoms with Gasteiger partial charge in [-0.3, -0.25) is 14.5 Å². The highest BCUT2D eigenvalue weighted by Gasteiger charge is 2.35. The number of carbonyl (C=O) groups is 2. The minimum absolute atomic E-state index is 0.188. The summed E-state index contributed by atoms with van der Waals surface area (Å²) in [5.41, 5.74) is 3.55. The molecule has 0 unspecified atom stereocenters. The number of aromatic nitrogens is 2. The number of nitrogens with zero attached hydrogens (tertiary/aromatic N) is 3. The number of fused-ring (bicyclic) bond motifs is 2. The summed E-state index contributed by atoms with van der Waals surface area (Å²) >= 11 is 0. The molecule has 0 saturated heterocycles. The monoisotopic (exact) mass is 291 g/mol. The molecule has 3 heterocycles. The van der Waals surface area contributed by atoms with E-state index in [4.69, 9.17) is 0 Å². The van der Waals surface area contributed by atoms with E-state index >= 15 is 0 Å². The smallest absolute Gasteiger partial charge is 0.261 e. The van der Waals surface area contributed by atoms with Gasteiger partial charge in [-0.1, -0.05) is 18.2 Å². The fourth-order valence-electron chi connectivity index (χ4n) is 2.78. The normalized spacial score (nSPS) is 14.0. The van der Waals surface area contributed by atoms with Crippen LogP contribution in [0.5, 0.6) is 0 Å². The maximum absolute atomic E-state index is 12.4. The van der Waals surface area contributed by atoms with Crippen molar-refractivity contribution in [1.29, 1.82) is 0 Å². The molecule has 0 N–H and O–H groups in total. The van der Waals surface area contributed by atoms with E-state index in [0.29, 0.717) is 16.8 Å². The first-order chi connectivity index (χ1) is 10.6. The average molecular weight is 291 g/mol. The van der Waals surface area contributed by atoms with E-state index in [1.54, 1.807) is 24.3 Å². The van der Waals surface area contributed by atoms with Crippen LogP contribution in [0, 0.1) is 6.92 Å². The number of imidazole rings is 1. The van der Waals surface area contributed by atoms with Crippen LogP contribution in [0.25, 0.3) is 5.65 Å². The third kappa shape index (κ3) is 1.83. The van der Waals surface area contributed by atoms with Gasteiger partial charge >= 0.3 is 0 Å². The fraction of sp³-hybridized carbons (Fsp3) is 0.118. The lowest BCUT2D eigenvalue weighted by Gasteiger charge is -2.11. The summed E-state index contributed by atoms with van der Waals surface area (Å²) < 4.78 is 1.91. The van der Waals surface area contributed by atoms with Gasteiger partial charge in [0.25, 0.3) is 11.8 Å². The molecule has 0 spiro atoms. The Morgan fingerprint density at radius 3 is 2.32 bits per heavy atom. The molecular weight excluding hydrogens is 278 g/mol. The Kier molecular flexibility index (Phi) is 2.63. The molecular formula is C17H13N3O2. The first-order valence-corrected chi connectivity index (χ1v) is 7.03.